The lowest BCUT2D eigenvalue weighted by atomic mass is 10.1. The zero-order valence-corrected chi connectivity index (χ0v) is 14.9. The molecule has 3 heteroatoms. The molecule has 0 bridgehead atoms. The Morgan fingerprint density at radius 3 is 2.00 bits per heavy atom. The molecule has 1 heterocycles. The Bertz CT molecular complexity index is 854. The standard InChI is InChI=1S/C21H25N2O/c1-5-23(6-2)19-13-9-17-10-14-20(24-21(17)15-19)16-7-11-18(12-8-16)22(3)4/h7-15H,5-6H2,1-4H3/q+1. The predicted molar refractivity (Wildman–Crippen MR) is 101 cm³/mol. The number of hydrogen-bond donors (Lipinski definition) is 0. The van der Waals surface area contributed by atoms with E-state index in [-0.39, 0.29) is 0 Å². The third-order valence-corrected chi connectivity index (χ3v) is 4.43. The van der Waals surface area contributed by atoms with Crippen molar-refractivity contribution in [2.45, 2.75) is 13.8 Å². The van der Waals surface area contributed by atoms with E-state index in [4.69, 9.17) is 4.42 Å². The van der Waals surface area contributed by atoms with Crippen molar-refractivity contribution in [3.8, 4) is 22.6 Å². The quantitative estimate of drug-likeness (QED) is 0.678. The van der Waals surface area contributed by atoms with Crippen LogP contribution < -0.4 is 14.8 Å². The van der Waals surface area contributed by atoms with Crippen molar-refractivity contribution >= 4 is 5.69 Å². The Balaban J connectivity index is 2.07. The van der Waals surface area contributed by atoms with E-state index in [1.165, 1.54) is 11.0 Å². The highest BCUT2D eigenvalue weighted by Crippen LogP contribution is 2.28. The first-order chi connectivity index (χ1) is 11.6. The largest absolute Gasteiger partial charge is 0.456 e. The Hall–Kier alpha value is -2.55. The van der Waals surface area contributed by atoms with Crippen molar-refractivity contribution in [3.63, 3.8) is 0 Å². The van der Waals surface area contributed by atoms with Gasteiger partial charge in [-0.1, -0.05) is 0 Å². The van der Waals surface area contributed by atoms with Crippen LogP contribution in [0.1, 0.15) is 13.8 Å². The highest BCUT2D eigenvalue weighted by Gasteiger charge is 2.10. The third-order valence-electron chi connectivity index (χ3n) is 4.43. The molecule has 0 saturated heterocycles. The summed E-state index contributed by atoms with van der Waals surface area (Å²) in [4.78, 5) is 2.09. The molecule has 1 aliphatic heterocycles. The van der Waals surface area contributed by atoms with Crippen LogP contribution in [0.15, 0.2) is 59.0 Å². The second-order valence-corrected chi connectivity index (χ2v) is 6.14. The Kier molecular flexibility index (Phi) is 4.70. The zero-order chi connectivity index (χ0) is 17.1. The van der Waals surface area contributed by atoms with Crippen LogP contribution in [0, 0.1) is 0 Å². The Morgan fingerprint density at radius 2 is 1.38 bits per heavy atom. The molecule has 0 aromatic heterocycles. The summed E-state index contributed by atoms with van der Waals surface area (Å²) in [5.74, 6) is 1.82. The van der Waals surface area contributed by atoms with Gasteiger partial charge in [-0.25, -0.2) is 4.58 Å². The van der Waals surface area contributed by atoms with E-state index in [2.05, 4.69) is 71.9 Å². The molecule has 0 N–H and O–H groups in total. The molecule has 0 fully saturated rings. The molecule has 0 amide bonds. The van der Waals surface area contributed by atoms with E-state index in [1.54, 1.807) is 0 Å². The van der Waals surface area contributed by atoms with Crippen LogP contribution in [0.5, 0.6) is 0 Å². The summed E-state index contributed by atoms with van der Waals surface area (Å²) in [6.07, 6.45) is 0. The maximum atomic E-state index is 6.19. The number of fused-ring (bicyclic) bond motifs is 1. The number of hydrogen-bond acceptors (Lipinski definition) is 2. The van der Waals surface area contributed by atoms with Crippen molar-refractivity contribution in [1.82, 2.24) is 4.58 Å². The summed E-state index contributed by atoms with van der Waals surface area (Å²) in [6, 6.07) is 19.0. The predicted octanol–water partition coefficient (Wildman–Crippen LogP) is 3.93. The molecule has 3 rings (SSSR count). The number of nitrogens with zero attached hydrogens (tertiary/aromatic N) is 2. The van der Waals surface area contributed by atoms with Crippen molar-refractivity contribution in [2.24, 2.45) is 0 Å². The van der Waals surface area contributed by atoms with Crippen LogP contribution in [0.2, 0.25) is 0 Å². The average Bonchev–Trinajstić information content (AvgIpc) is 2.62. The van der Waals surface area contributed by atoms with Gasteiger partial charge in [-0.15, -0.1) is 0 Å². The van der Waals surface area contributed by atoms with Gasteiger partial charge < -0.3 is 9.32 Å². The van der Waals surface area contributed by atoms with Crippen LogP contribution in [-0.4, -0.2) is 27.2 Å². The first kappa shape index (κ1) is 16.3. The van der Waals surface area contributed by atoms with Crippen LogP contribution in [0.4, 0.5) is 5.69 Å². The summed E-state index contributed by atoms with van der Waals surface area (Å²) >= 11 is 0. The topological polar surface area (TPSA) is 19.4 Å². The molecule has 24 heavy (non-hydrogen) atoms. The summed E-state index contributed by atoms with van der Waals surface area (Å²) in [6.45, 7) is 6.34. The third kappa shape index (κ3) is 3.21. The van der Waals surface area contributed by atoms with Crippen LogP contribution in [0.3, 0.4) is 0 Å². The van der Waals surface area contributed by atoms with Gasteiger partial charge in [0, 0.05) is 37.0 Å². The zero-order valence-electron chi connectivity index (χ0n) is 14.9. The van der Waals surface area contributed by atoms with Gasteiger partial charge in [-0.3, -0.25) is 0 Å². The molecular weight excluding hydrogens is 296 g/mol. The normalized spacial score (nSPS) is 10.8. The van der Waals surface area contributed by atoms with Crippen LogP contribution >= 0.6 is 0 Å². The van der Waals surface area contributed by atoms with E-state index >= 15 is 0 Å². The second kappa shape index (κ2) is 6.91. The molecular formula is C21H25N2O+. The van der Waals surface area contributed by atoms with Gasteiger partial charge in [0.2, 0.25) is 5.36 Å². The maximum Gasteiger partial charge on any atom is 0.203 e. The molecule has 1 aromatic carbocycles. The monoisotopic (exact) mass is 321 g/mol. The van der Waals surface area contributed by atoms with Crippen molar-refractivity contribution < 1.29 is 4.42 Å². The molecule has 0 spiro atoms. The lowest BCUT2D eigenvalue weighted by Crippen LogP contribution is -2.29. The van der Waals surface area contributed by atoms with E-state index in [9.17, 15) is 0 Å². The maximum absolute atomic E-state index is 6.19. The minimum absolute atomic E-state index is 0.893. The molecule has 3 nitrogen and oxygen atoms in total. The highest BCUT2D eigenvalue weighted by atomic mass is 16.3. The summed E-state index contributed by atoms with van der Waals surface area (Å²) in [5.41, 5.74) is 3.40. The van der Waals surface area contributed by atoms with E-state index in [0.29, 0.717) is 0 Å². The number of anilines is 1. The van der Waals surface area contributed by atoms with Crippen molar-refractivity contribution in [2.75, 3.05) is 32.1 Å². The van der Waals surface area contributed by atoms with E-state index in [0.717, 1.165) is 35.7 Å². The summed E-state index contributed by atoms with van der Waals surface area (Å²) in [5, 5.41) is 1.20. The van der Waals surface area contributed by atoms with E-state index < -0.39 is 0 Å². The number of benzene rings is 2. The van der Waals surface area contributed by atoms with Gasteiger partial charge in [0.05, 0.1) is 6.07 Å². The Morgan fingerprint density at radius 1 is 0.792 bits per heavy atom. The van der Waals surface area contributed by atoms with Gasteiger partial charge >= 0.3 is 0 Å². The fourth-order valence-electron chi connectivity index (χ4n) is 2.93. The van der Waals surface area contributed by atoms with Gasteiger partial charge in [0.1, 0.15) is 24.6 Å². The first-order valence-corrected chi connectivity index (χ1v) is 8.52. The van der Waals surface area contributed by atoms with Gasteiger partial charge in [-0.05, 0) is 56.3 Å². The fourth-order valence-corrected chi connectivity index (χ4v) is 2.93. The highest BCUT2D eigenvalue weighted by molar-refractivity contribution is 5.66. The lowest BCUT2D eigenvalue weighted by molar-refractivity contribution is 0.575. The second-order valence-electron chi connectivity index (χ2n) is 6.14. The minimum Gasteiger partial charge on any atom is -0.456 e. The molecule has 2 aliphatic rings. The fraction of sp³-hybridized carbons (Fsp3) is 0.286. The molecule has 1 aliphatic carbocycles. The minimum atomic E-state index is 0.893. The van der Waals surface area contributed by atoms with Gasteiger partial charge in [0.15, 0.2) is 0 Å². The van der Waals surface area contributed by atoms with Crippen LogP contribution in [0.25, 0.3) is 22.6 Å². The van der Waals surface area contributed by atoms with Crippen molar-refractivity contribution in [1.29, 1.82) is 0 Å². The smallest absolute Gasteiger partial charge is 0.203 e. The molecule has 0 radical (unpaired) electrons. The number of rotatable bonds is 4. The van der Waals surface area contributed by atoms with Gasteiger partial charge in [0.25, 0.3) is 0 Å². The van der Waals surface area contributed by atoms with Gasteiger partial charge in [-0.2, -0.15) is 0 Å². The molecule has 1 aromatic rings. The first-order valence-electron chi connectivity index (χ1n) is 8.52. The SMILES string of the molecule is CC[N+](CC)=c1ccc2ccc(-c3ccc(N(C)C)cc3)oc-2c1. The summed E-state index contributed by atoms with van der Waals surface area (Å²) in [7, 11) is 4.09. The Labute approximate surface area is 143 Å². The molecule has 0 unspecified atom stereocenters. The van der Waals surface area contributed by atoms with Crippen molar-refractivity contribution in [3.05, 3.63) is 60.0 Å². The average molecular weight is 321 g/mol. The molecule has 124 valence electrons. The van der Waals surface area contributed by atoms with E-state index in [1.807, 2.05) is 20.2 Å². The lowest BCUT2D eigenvalue weighted by Gasteiger charge is -2.13. The summed E-state index contributed by atoms with van der Waals surface area (Å²) < 4.78 is 8.51. The molecule has 0 atom stereocenters. The van der Waals surface area contributed by atoms with Crippen LogP contribution in [-0.2, 0) is 0 Å². The molecule has 0 saturated carbocycles.